The molecule has 0 spiro atoms. The van der Waals surface area contributed by atoms with E-state index in [0.717, 1.165) is 0 Å². The summed E-state index contributed by atoms with van der Waals surface area (Å²) in [4.78, 5) is 11.2. The molecule has 0 radical (unpaired) electrons. The Balaban J connectivity index is 2.32. The average molecular weight is 427 g/mol. The fraction of sp³-hybridized carbons (Fsp3) is 0.400. The lowest BCUT2D eigenvalue weighted by molar-refractivity contribution is -0.134. The van der Waals surface area contributed by atoms with Crippen molar-refractivity contribution in [1.82, 2.24) is 0 Å². The second-order valence-electron chi connectivity index (χ2n) is 8.64. The summed E-state index contributed by atoms with van der Waals surface area (Å²) in [7, 11) is -1.30. The van der Waals surface area contributed by atoms with Gasteiger partial charge in [0.2, 0.25) is 0 Å². The van der Waals surface area contributed by atoms with Gasteiger partial charge < -0.3 is 14.3 Å². The second-order valence-corrected chi connectivity index (χ2v) is 12.9. The van der Waals surface area contributed by atoms with Gasteiger partial charge >= 0.3 is 5.97 Å². The van der Waals surface area contributed by atoms with Crippen LogP contribution in [0.3, 0.4) is 0 Å². The third-order valence-electron chi connectivity index (χ3n) is 5.26. The fourth-order valence-electron chi connectivity index (χ4n) is 3.91. The number of rotatable bonds is 9. The Morgan fingerprint density at radius 2 is 1.53 bits per heavy atom. The van der Waals surface area contributed by atoms with E-state index in [1.165, 1.54) is 23.6 Å². The monoisotopic (exact) mass is 426 g/mol. The number of esters is 1. The first-order valence-electron chi connectivity index (χ1n) is 10.4. The summed E-state index contributed by atoms with van der Waals surface area (Å²) in [5.74, 6) is -0.418. The zero-order valence-corrected chi connectivity index (χ0v) is 19.7. The molecule has 0 amide bonds. The molecule has 0 aliphatic heterocycles. The maximum absolute atomic E-state index is 11.2. The highest BCUT2D eigenvalue weighted by Crippen LogP contribution is 2.37. The zero-order valence-electron chi connectivity index (χ0n) is 18.7. The number of carbonyl (C=O) groups excluding carboxylic acids is 1. The molecule has 0 fully saturated rings. The van der Waals surface area contributed by atoms with E-state index in [1.807, 2.05) is 19.1 Å². The van der Waals surface area contributed by atoms with Gasteiger partial charge in [0.15, 0.2) is 0 Å². The van der Waals surface area contributed by atoms with E-state index in [-0.39, 0.29) is 11.1 Å². The van der Waals surface area contributed by atoms with Crippen LogP contribution in [0.5, 0.6) is 0 Å². The smallest absolute Gasteiger partial charge is 0.330 e. The van der Waals surface area contributed by atoms with Crippen molar-refractivity contribution in [3.05, 3.63) is 72.8 Å². The number of hydrogen-bond acceptors (Lipinski definition) is 4. The molecule has 2 atom stereocenters. The van der Waals surface area contributed by atoms with Gasteiger partial charge in [-0.25, -0.2) is 4.79 Å². The predicted octanol–water partition coefficient (Wildman–Crippen LogP) is 3.82. The maximum atomic E-state index is 11.2. The summed E-state index contributed by atoms with van der Waals surface area (Å²) in [6.07, 6.45) is 3.10. The van der Waals surface area contributed by atoms with Gasteiger partial charge in [-0.3, -0.25) is 0 Å². The highest BCUT2D eigenvalue weighted by Gasteiger charge is 2.51. The van der Waals surface area contributed by atoms with E-state index in [4.69, 9.17) is 4.43 Å². The maximum Gasteiger partial charge on any atom is 0.330 e. The lowest BCUT2D eigenvalue weighted by Crippen LogP contribution is -2.67. The summed E-state index contributed by atoms with van der Waals surface area (Å²) >= 11 is 0. The fourth-order valence-corrected chi connectivity index (χ4v) is 8.62. The van der Waals surface area contributed by atoms with Gasteiger partial charge in [0, 0.05) is 12.2 Å². The molecular formula is C25H34O4Si. The molecule has 0 saturated heterocycles. The molecule has 0 unspecified atom stereocenters. The van der Waals surface area contributed by atoms with Crippen LogP contribution in [0.25, 0.3) is 0 Å². The quantitative estimate of drug-likeness (QED) is 0.376. The molecule has 2 rings (SSSR count). The molecule has 2 aromatic rings. The standard InChI is InChI=1S/C25H34O4Si/c1-20(19-21(26)13-12-18-24(27)28-5)29-30(25(2,3)4,22-14-8-6-9-15-22)23-16-10-7-11-17-23/h6-12,14-18,20-21,26H,13,19H2,1-5H3/b18-12+/t20-,21-/m1/s1. The Bertz CT molecular complexity index is 773. The van der Waals surface area contributed by atoms with Gasteiger partial charge in [0.05, 0.1) is 13.2 Å². The van der Waals surface area contributed by atoms with E-state index >= 15 is 0 Å². The molecule has 0 heterocycles. The minimum absolute atomic E-state index is 0.111. The van der Waals surface area contributed by atoms with Crippen molar-refractivity contribution in [2.75, 3.05) is 7.11 Å². The lowest BCUT2D eigenvalue weighted by Gasteiger charge is -2.45. The minimum atomic E-state index is -2.64. The van der Waals surface area contributed by atoms with Crippen LogP contribution in [0.15, 0.2) is 72.8 Å². The average Bonchev–Trinajstić information content (AvgIpc) is 2.72. The SMILES string of the molecule is COC(=O)/C=C/C[C@@H](O)C[C@@H](C)O[Si](c1ccccc1)(c1ccccc1)C(C)(C)C. The van der Waals surface area contributed by atoms with Crippen molar-refractivity contribution in [3.63, 3.8) is 0 Å². The molecule has 0 aliphatic rings. The molecule has 4 nitrogen and oxygen atoms in total. The molecule has 1 N–H and O–H groups in total. The molecular weight excluding hydrogens is 392 g/mol. The second kappa shape index (κ2) is 10.7. The normalized spacial score (nSPS) is 14.5. The molecule has 2 aromatic carbocycles. The van der Waals surface area contributed by atoms with Crippen LogP contribution in [0.4, 0.5) is 0 Å². The van der Waals surface area contributed by atoms with Crippen LogP contribution in [0.1, 0.15) is 40.5 Å². The van der Waals surface area contributed by atoms with Crippen LogP contribution in [0.2, 0.25) is 5.04 Å². The Morgan fingerprint density at radius 3 is 1.97 bits per heavy atom. The largest absolute Gasteiger partial charge is 0.466 e. The van der Waals surface area contributed by atoms with Crippen molar-refractivity contribution >= 4 is 24.7 Å². The molecule has 30 heavy (non-hydrogen) atoms. The molecule has 0 bridgehead atoms. The van der Waals surface area contributed by atoms with Gasteiger partial charge in [0.1, 0.15) is 0 Å². The summed E-state index contributed by atoms with van der Waals surface area (Å²) in [6.45, 7) is 8.73. The number of ether oxygens (including phenoxy) is 1. The Morgan fingerprint density at radius 1 is 1.03 bits per heavy atom. The van der Waals surface area contributed by atoms with E-state index in [1.54, 1.807) is 6.08 Å². The number of methoxy groups -OCH3 is 1. The molecule has 0 aliphatic carbocycles. The third kappa shape index (κ3) is 5.91. The van der Waals surface area contributed by atoms with Crippen LogP contribution in [0, 0.1) is 0 Å². The van der Waals surface area contributed by atoms with Crippen LogP contribution in [-0.2, 0) is 14.0 Å². The van der Waals surface area contributed by atoms with E-state index in [2.05, 4.69) is 74.0 Å². The van der Waals surface area contributed by atoms with Crippen molar-refractivity contribution in [3.8, 4) is 0 Å². The number of carbonyl (C=O) groups is 1. The van der Waals surface area contributed by atoms with E-state index in [9.17, 15) is 9.90 Å². The first-order chi connectivity index (χ1) is 14.2. The van der Waals surface area contributed by atoms with Crippen molar-refractivity contribution < 1.29 is 19.1 Å². The van der Waals surface area contributed by atoms with Crippen LogP contribution < -0.4 is 10.4 Å². The lowest BCUT2D eigenvalue weighted by atomic mass is 10.1. The summed E-state index contributed by atoms with van der Waals surface area (Å²) in [6, 6.07) is 20.9. The highest BCUT2D eigenvalue weighted by atomic mass is 28.4. The van der Waals surface area contributed by atoms with Crippen molar-refractivity contribution in [1.29, 1.82) is 0 Å². The van der Waals surface area contributed by atoms with Crippen LogP contribution >= 0.6 is 0 Å². The summed E-state index contributed by atoms with van der Waals surface area (Å²) in [5.41, 5.74) is 0. The first-order valence-corrected chi connectivity index (χ1v) is 12.3. The van der Waals surface area contributed by atoms with Crippen molar-refractivity contribution in [2.24, 2.45) is 0 Å². The molecule has 162 valence electrons. The van der Waals surface area contributed by atoms with Crippen LogP contribution in [-0.4, -0.2) is 38.7 Å². The summed E-state index contributed by atoms with van der Waals surface area (Å²) in [5, 5.41) is 12.8. The summed E-state index contributed by atoms with van der Waals surface area (Å²) < 4.78 is 11.5. The predicted molar refractivity (Wildman–Crippen MR) is 125 cm³/mol. The minimum Gasteiger partial charge on any atom is -0.466 e. The Hall–Kier alpha value is -2.21. The number of hydrogen-bond donors (Lipinski definition) is 1. The molecule has 0 aromatic heterocycles. The topological polar surface area (TPSA) is 55.8 Å². The van der Waals surface area contributed by atoms with Gasteiger partial charge in [-0.05, 0) is 35.2 Å². The number of benzene rings is 2. The van der Waals surface area contributed by atoms with Crippen molar-refractivity contribution in [2.45, 2.75) is 57.8 Å². The van der Waals surface area contributed by atoms with E-state index in [0.29, 0.717) is 12.8 Å². The number of aliphatic hydroxyl groups excluding tert-OH is 1. The van der Waals surface area contributed by atoms with Gasteiger partial charge in [0.25, 0.3) is 8.32 Å². The Labute approximate surface area is 181 Å². The van der Waals surface area contributed by atoms with Gasteiger partial charge in [-0.15, -0.1) is 0 Å². The van der Waals surface area contributed by atoms with E-state index < -0.39 is 20.4 Å². The zero-order chi connectivity index (χ0) is 22.2. The first kappa shape index (κ1) is 24.1. The molecule has 0 saturated carbocycles. The van der Waals surface area contributed by atoms with Gasteiger partial charge in [-0.1, -0.05) is 87.5 Å². The highest BCUT2D eigenvalue weighted by molar-refractivity contribution is 6.99. The number of aliphatic hydroxyl groups is 1. The molecule has 5 heteroatoms. The van der Waals surface area contributed by atoms with Gasteiger partial charge in [-0.2, -0.15) is 0 Å². The third-order valence-corrected chi connectivity index (χ3v) is 10.4. The Kier molecular flexibility index (Phi) is 8.59.